The summed E-state index contributed by atoms with van der Waals surface area (Å²) in [6.45, 7) is 3.35. The van der Waals surface area contributed by atoms with E-state index in [1.807, 2.05) is 4.90 Å². The number of nitrogens with zero attached hydrogens (tertiary/aromatic N) is 2. The van der Waals surface area contributed by atoms with Crippen molar-refractivity contribution in [2.75, 3.05) is 57.9 Å². The zero-order valence-corrected chi connectivity index (χ0v) is 25.8. The van der Waals surface area contributed by atoms with Gasteiger partial charge < -0.3 is 24.6 Å². The molecule has 3 aliphatic heterocycles. The second-order valence-electron chi connectivity index (χ2n) is 11.4. The highest BCUT2D eigenvalue weighted by Gasteiger charge is 2.46. The Hall–Kier alpha value is -3.23. The van der Waals surface area contributed by atoms with Crippen molar-refractivity contribution in [2.45, 2.75) is 53.9 Å². The molecule has 3 saturated heterocycles. The lowest BCUT2D eigenvalue weighted by Gasteiger charge is -2.35. The van der Waals surface area contributed by atoms with E-state index in [1.54, 1.807) is 18.2 Å². The van der Waals surface area contributed by atoms with E-state index in [-0.39, 0.29) is 44.2 Å². The number of halogens is 6. The number of amides is 2. The molecule has 1 N–H and O–H groups in total. The molecule has 3 heterocycles. The summed E-state index contributed by atoms with van der Waals surface area (Å²) >= 11 is 0.587. The number of carbonyl (C=O) groups is 2. The van der Waals surface area contributed by atoms with Crippen LogP contribution in [-0.4, -0.2) is 80.3 Å². The van der Waals surface area contributed by atoms with Crippen molar-refractivity contribution in [3.63, 3.8) is 0 Å². The molecule has 0 bridgehead atoms. The molecule has 5 rings (SSSR count). The maximum atomic E-state index is 14.3. The van der Waals surface area contributed by atoms with Crippen LogP contribution in [-0.2, 0) is 31.4 Å². The number of carbonyl (C=O) groups excluding carboxylic acids is 2. The minimum atomic E-state index is -5.34. The first-order valence-electron chi connectivity index (χ1n) is 15.2. The van der Waals surface area contributed by atoms with Crippen LogP contribution < -0.4 is 5.32 Å². The molecular formula is C32H35F6N3O4S. The molecule has 0 saturated carbocycles. The van der Waals surface area contributed by atoms with E-state index in [4.69, 9.17) is 9.47 Å². The van der Waals surface area contributed by atoms with E-state index in [9.17, 15) is 35.9 Å². The minimum Gasteiger partial charge on any atom is -0.382 e. The SMILES string of the molecule is O=C(C=Cc1ccc(Sc2cccc(NC3CCN(C(=O)C4CCOCC4)CC3)c2)c(C(F)(F)F)c1C(F)(F)F)N1CCOCC1. The third-order valence-corrected chi connectivity index (χ3v) is 9.35. The van der Waals surface area contributed by atoms with Crippen molar-refractivity contribution >= 4 is 35.3 Å². The molecule has 3 aliphatic rings. The lowest BCUT2D eigenvalue weighted by Crippen LogP contribution is -2.45. The van der Waals surface area contributed by atoms with Gasteiger partial charge in [0.2, 0.25) is 11.8 Å². The van der Waals surface area contributed by atoms with E-state index >= 15 is 0 Å². The number of rotatable bonds is 7. The molecule has 250 valence electrons. The summed E-state index contributed by atoms with van der Waals surface area (Å²) in [6, 6.07) is 8.50. The Morgan fingerprint density at radius 3 is 2.11 bits per heavy atom. The summed E-state index contributed by atoms with van der Waals surface area (Å²) in [5.41, 5.74) is -3.77. The van der Waals surface area contributed by atoms with Gasteiger partial charge in [0, 0.05) is 72.9 Å². The second-order valence-corrected chi connectivity index (χ2v) is 12.5. The van der Waals surface area contributed by atoms with Crippen molar-refractivity contribution in [3.05, 3.63) is 59.2 Å². The van der Waals surface area contributed by atoms with Crippen LogP contribution in [0, 0.1) is 5.92 Å². The molecule has 0 unspecified atom stereocenters. The lowest BCUT2D eigenvalue weighted by molar-refractivity contribution is -0.163. The van der Waals surface area contributed by atoms with Crippen molar-refractivity contribution in [3.8, 4) is 0 Å². The molecule has 14 heteroatoms. The van der Waals surface area contributed by atoms with Gasteiger partial charge in [-0.25, -0.2) is 0 Å². The van der Waals surface area contributed by atoms with Crippen LogP contribution in [0.3, 0.4) is 0 Å². The smallest absolute Gasteiger partial charge is 0.382 e. The Kier molecular flexibility index (Phi) is 10.9. The standard InChI is InChI=1S/C32H35F6N3O4S/c33-31(34,35)28-21(5-7-27(42)40-14-18-45-19-15-40)4-6-26(29(28)32(36,37)38)46-25-3-1-2-24(20-25)39-23-8-12-41(13-9-23)30(43)22-10-16-44-17-11-22/h1-7,20,22-23,39H,8-19H2. The fraction of sp³-hybridized carbons (Fsp3) is 0.500. The maximum absolute atomic E-state index is 14.3. The van der Waals surface area contributed by atoms with Gasteiger partial charge in [-0.2, -0.15) is 26.3 Å². The molecule has 3 fully saturated rings. The predicted octanol–water partition coefficient (Wildman–Crippen LogP) is 6.58. The number of ether oxygens (including phenoxy) is 2. The first-order chi connectivity index (χ1) is 21.9. The van der Waals surface area contributed by atoms with Crippen molar-refractivity contribution < 1.29 is 45.4 Å². The summed E-state index contributed by atoms with van der Waals surface area (Å²) in [4.78, 5) is 28.3. The van der Waals surface area contributed by atoms with E-state index in [0.29, 0.717) is 61.5 Å². The number of piperidine rings is 1. The predicted molar refractivity (Wildman–Crippen MR) is 160 cm³/mol. The number of anilines is 1. The molecule has 2 aromatic rings. The molecule has 2 amide bonds. The highest BCUT2D eigenvalue weighted by atomic mass is 32.2. The van der Waals surface area contributed by atoms with Crippen LogP contribution in [0.2, 0.25) is 0 Å². The largest absolute Gasteiger partial charge is 0.418 e. The number of hydrogen-bond acceptors (Lipinski definition) is 6. The third kappa shape index (κ3) is 8.56. The van der Waals surface area contributed by atoms with Crippen LogP contribution in [0.25, 0.3) is 6.08 Å². The molecule has 0 aliphatic carbocycles. The van der Waals surface area contributed by atoms with Gasteiger partial charge in [-0.05, 0) is 61.6 Å². The van der Waals surface area contributed by atoms with Crippen LogP contribution in [0.4, 0.5) is 32.0 Å². The van der Waals surface area contributed by atoms with Crippen LogP contribution in [0.1, 0.15) is 42.4 Å². The summed E-state index contributed by atoms with van der Waals surface area (Å²) in [5.74, 6) is -0.484. The second kappa shape index (κ2) is 14.7. The number of hydrogen-bond donors (Lipinski definition) is 1. The first-order valence-corrected chi connectivity index (χ1v) is 16.0. The molecule has 7 nitrogen and oxygen atoms in total. The lowest BCUT2D eigenvalue weighted by atomic mass is 9.96. The average molecular weight is 672 g/mol. The molecule has 46 heavy (non-hydrogen) atoms. The van der Waals surface area contributed by atoms with Crippen LogP contribution in [0.5, 0.6) is 0 Å². The van der Waals surface area contributed by atoms with Gasteiger partial charge in [0.25, 0.3) is 0 Å². The quantitative estimate of drug-likeness (QED) is 0.265. The molecule has 0 atom stereocenters. The van der Waals surface area contributed by atoms with Gasteiger partial charge in [0.1, 0.15) is 0 Å². The molecular weight excluding hydrogens is 636 g/mol. The average Bonchev–Trinajstić information content (AvgIpc) is 3.04. The normalized spacial score (nSPS) is 19.1. The molecule has 0 radical (unpaired) electrons. The topological polar surface area (TPSA) is 71.1 Å². The van der Waals surface area contributed by atoms with Crippen molar-refractivity contribution in [1.29, 1.82) is 0 Å². The Balaban J connectivity index is 1.31. The highest BCUT2D eigenvalue weighted by molar-refractivity contribution is 7.99. The van der Waals surface area contributed by atoms with E-state index in [0.717, 1.165) is 37.1 Å². The van der Waals surface area contributed by atoms with Crippen molar-refractivity contribution in [1.82, 2.24) is 9.80 Å². The number of alkyl halides is 6. The molecule has 0 spiro atoms. The zero-order chi connectivity index (χ0) is 32.9. The Morgan fingerprint density at radius 1 is 0.804 bits per heavy atom. The van der Waals surface area contributed by atoms with E-state index in [2.05, 4.69) is 5.32 Å². The number of nitrogens with one attached hydrogen (secondary N) is 1. The molecule has 0 aromatic heterocycles. The highest BCUT2D eigenvalue weighted by Crippen LogP contribution is 2.48. The number of likely N-dealkylation sites (tertiary alicyclic amines) is 1. The van der Waals surface area contributed by atoms with Crippen molar-refractivity contribution in [2.24, 2.45) is 5.92 Å². The van der Waals surface area contributed by atoms with E-state index in [1.165, 1.54) is 11.0 Å². The summed E-state index contributed by atoms with van der Waals surface area (Å²) < 4.78 is 96.3. The fourth-order valence-corrected chi connectivity index (χ4v) is 6.96. The van der Waals surface area contributed by atoms with Crippen LogP contribution in [0.15, 0.2) is 52.3 Å². The van der Waals surface area contributed by atoms with Gasteiger partial charge in [0.05, 0.1) is 24.3 Å². The van der Waals surface area contributed by atoms with Crippen LogP contribution >= 0.6 is 11.8 Å². The van der Waals surface area contributed by atoms with E-state index < -0.39 is 39.8 Å². The molecule has 2 aromatic carbocycles. The maximum Gasteiger partial charge on any atom is 0.418 e. The Bertz CT molecular complexity index is 1410. The Morgan fingerprint density at radius 2 is 1.46 bits per heavy atom. The third-order valence-electron chi connectivity index (χ3n) is 8.30. The van der Waals surface area contributed by atoms with Gasteiger partial charge in [-0.3, -0.25) is 9.59 Å². The monoisotopic (exact) mass is 671 g/mol. The summed E-state index contributed by atoms with van der Waals surface area (Å²) in [5, 5.41) is 3.36. The van der Waals surface area contributed by atoms with Gasteiger partial charge >= 0.3 is 12.4 Å². The first kappa shape index (κ1) is 34.1. The summed E-state index contributed by atoms with van der Waals surface area (Å²) in [7, 11) is 0. The van der Waals surface area contributed by atoms with Gasteiger partial charge in [0.15, 0.2) is 0 Å². The minimum absolute atomic E-state index is 0.0194. The van der Waals surface area contributed by atoms with Gasteiger partial charge in [-0.15, -0.1) is 0 Å². The zero-order valence-electron chi connectivity index (χ0n) is 25.0. The number of benzene rings is 2. The Labute approximate surface area is 267 Å². The number of morpholine rings is 1. The fourth-order valence-electron chi connectivity index (χ4n) is 5.92. The van der Waals surface area contributed by atoms with Gasteiger partial charge in [-0.1, -0.05) is 23.9 Å². The summed E-state index contributed by atoms with van der Waals surface area (Å²) in [6.07, 6.45) is -6.21.